The van der Waals surface area contributed by atoms with Crippen molar-refractivity contribution in [3.63, 3.8) is 0 Å². The van der Waals surface area contributed by atoms with Crippen LogP contribution in [-0.2, 0) is 0 Å². The van der Waals surface area contributed by atoms with Gasteiger partial charge in [-0.1, -0.05) is 60.6 Å². The lowest BCUT2D eigenvalue weighted by atomic mass is 10.1. The molecule has 17 heavy (non-hydrogen) atoms. The van der Waals surface area contributed by atoms with Crippen LogP contribution in [0.2, 0.25) is 5.02 Å². The lowest BCUT2D eigenvalue weighted by molar-refractivity contribution is 1.46. The van der Waals surface area contributed by atoms with E-state index < -0.39 is 0 Å². The summed E-state index contributed by atoms with van der Waals surface area (Å²) in [5, 5.41) is 0.804. The van der Waals surface area contributed by atoms with Crippen molar-refractivity contribution < 1.29 is 0 Å². The molecule has 0 saturated carbocycles. The highest BCUT2D eigenvalue weighted by Crippen LogP contribution is 2.29. The van der Waals surface area contributed by atoms with Gasteiger partial charge in [0.2, 0.25) is 0 Å². The molecule has 2 aromatic rings. The zero-order valence-electron chi connectivity index (χ0n) is 9.40. The van der Waals surface area contributed by atoms with Gasteiger partial charge in [0.1, 0.15) is 0 Å². The van der Waals surface area contributed by atoms with Gasteiger partial charge < -0.3 is 0 Å². The minimum absolute atomic E-state index is 0.804. The second-order valence-corrected chi connectivity index (χ2v) is 5.11. The second-order valence-electron chi connectivity index (χ2n) is 3.69. The quantitative estimate of drug-likeness (QED) is 0.686. The topological polar surface area (TPSA) is 0 Å². The van der Waals surface area contributed by atoms with Gasteiger partial charge in [0.05, 0.1) is 5.02 Å². The first kappa shape index (κ1) is 12.3. The summed E-state index contributed by atoms with van der Waals surface area (Å²) in [4.78, 5) is 1.10. The molecule has 2 heteroatoms. The van der Waals surface area contributed by atoms with Gasteiger partial charge in [-0.15, -0.1) is 11.8 Å². The molecule has 0 aliphatic rings. The zero-order valence-corrected chi connectivity index (χ0v) is 11.0. The van der Waals surface area contributed by atoms with Crippen molar-refractivity contribution in [3.05, 3.63) is 71.8 Å². The molecule has 0 aliphatic heterocycles. The molecule has 0 bridgehead atoms. The Bertz CT molecular complexity index is 505. The average molecular weight is 261 g/mol. The molecule has 0 spiro atoms. The second kappa shape index (κ2) is 5.95. The lowest BCUT2D eigenvalue weighted by Gasteiger charge is -2.06. The molecule has 0 radical (unpaired) electrons. The van der Waals surface area contributed by atoms with Crippen LogP contribution in [0.25, 0.3) is 5.57 Å². The van der Waals surface area contributed by atoms with Crippen molar-refractivity contribution in [2.75, 3.05) is 5.75 Å². The smallest absolute Gasteiger partial charge is 0.0541 e. The molecule has 0 fully saturated rings. The first-order valence-electron chi connectivity index (χ1n) is 5.38. The number of hydrogen-bond donors (Lipinski definition) is 0. The lowest BCUT2D eigenvalue weighted by Crippen LogP contribution is -1.86. The third-order valence-electron chi connectivity index (χ3n) is 2.42. The fourth-order valence-electron chi connectivity index (χ4n) is 1.48. The molecule has 0 nitrogen and oxygen atoms in total. The van der Waals surface area contributed by atoms with Gasteiger partial charge in [-0.3, -0.25) is 0 Å². The molecule has 0 atom stereocenters. The first-order chi connectivity index (χ1) is 8.27. The van der Waals surface area contributed by atoms with Crippen LogP contribution in [0.15, 0.2) is 66.1 Å². The van der Waals surface area contributed by atoms with Gasteiger partial charge in [0, 0.05) is 10.6 Å². The van der Waals surface area contributed by atoms with Crippen LogP contribution in [0, 0.1) is 0 Å². The predicted octanol–water partition coefficient (Wildman–Crippen LogP) is 5.15. The van der Waals surface area contributed by atoms with Gasteiger partial charge in [0.25, 0.3) is 0 Å². The maximum atomic E-state index is 6.10. The van der Waals surface area contributed by atoms with E-state index in [9.17, 15) is 0 Å². The van der Waals surface area contributed by atoms with E-state index >= 15 is 0 Å². The number of hydrogen-bond acceptors (Lipinski definition) is 1. The van der Waals surface area contributed by atoms with E-state index in [1.165, 1.54) is 5.56 Å². The number of thioether (sulfide) groups is 1. The molecule has 2 aromatic carbocycles. The molecule has 86 valence electrons. The zero-order chi connectivity index (χ0) is 12.1. The van der Waals surface area contributed by atoms with Gasteiger partial charge in [-0.05, 0) is 23.3 Å². The fourth-order valence-corrected chi connectivity index (χ4v) is 2.66. The molecule has 0 aromatic heterocycles. The Labute approximate surface area is 111 Å². The van der Waals surface area contributed by atoms with E-state index in [0.29, 0.717) is 0 Å². The molecular weight excluding hydrogens is 248 g/mol. The highest BCUT2D eigenvalue weighted by Gasteiger charge is 2.02. The van der Waals surface area contributed by atoms with Crippen molar-refractivity contribution in [1.29, 1.82) is 0 Å². The summed E-state index contributed by atoms with van der Waals surface area (Å²) in [6.07, 6.45) is 0. The summed E-state index contributed by atoms with van der Waals surface area (Å²) in [6, 6.07) is 18.1. The van der Waals surface area contributed by atoms with Crippen molar-refractivity contribution in [3.8, 4) is 0 Å². The minimum atomic E-state index is 0.804. The molecule has 2 rings (SSSR count). The summed E-state index contributed by atoms with van der Waals surface area (Å²) < 4.78 is 0. The maximum Gasteiger partial charge on any atom is 0.0541 e. The first-order valence-corrected chi connectivity index (χ1v) is 6.74. The highest BCUT2D eigenvalue weighted by atomic mass is 35.5. The van der Waals surface area contributed by atoms with Crippen LogP contribution in [-0.4, -0.2) is 5.75 Å². The Balaban J connectivity index is 2.00. The van der Waals surface area contributed by atoms with Crippen LogP contribution in [0.5, 0.6) is 0 Å². The minimum Gasteiger partial charge on any atom is -0.120 e. The van der Waals surface area contributed by atoms with Crippen LogP contribution >= 0.6 is 23.4 Å². The van der Waals surface area contributed by atoms with E-state index in [1.807, 2.05) is 42.5 Å². The Morgan fingerprint density at radius 1 is 1.00 bits per heavy atom. The molecule has 0 unspecified atom stereocenters. The van der Waals surface area contributed by atoms with Gasteiger partial charge in [-0.2, -0.15) is 0 Å². The van der Waals surface area contributed by atoms with Gasteiger partial charge in [0.15, 0.2) is 0 Å². The molecule has 0 heterocycles. The number of halogens is 1. The predicted molar refractivity (Wildman–Crippen MR) is 77.7 cm³/mol. The number of rotatable bonds is 4. The SMILES string of the molecule is C=C(CSc1ccccc1Cl)c1ccccc1. The van der Waals surface area contributed by atoms with E-state index in [4.69, 9.17) is 11.6 Å². The van der Waals surface area contributed by atoms with Gasteiger partial charge >= 0.3 is 0 Å². The Kier molecular flexibility index (Phi) is 4.29. The Morgan fingerprint density at radius 2 is 1.65 bits per heavy atom. The molecule has 0 amide bonds. The van der Waals surface area contributed by atoms with Gasteiger partial charge in [-0.25, -0.2) is 0 Å². The Hall–Kier alpha value is -1.18. The van der Waals surface area contributed by atoms with Crippen LogP contribution in [0.4, 0.5) is 0 Å². The van der Waals surface area contributed by atoms with E-state index in [0.717, 1.165) is 21.2 Å². The summed E-state index contributed by atoms with van der Waals surface area (Å²) in [5.41, 5.74) is 2.31. The summed E-state index contributed by atoms with van der Waals surface area (Å²) in [6.45, 7) is 4.11. The summed E-state index contributed by atoms with van der Waals surface area (Å²) in [5.74, 6) is 0.855. The van der Waals surface area contributed by atoms with Crippen LogP contribution in [0.3, 0.4) is 0 Å². The largest absolute Gasteiger partial charge is 0.120 e. The van der Waals surface area contributed by atoms with Crippen LogP contribution < -0.4 is 0 Å². The standard InChI is InChI=1S/C15H13ClS/c1-12(13-7-3-2-4-8-13)11-17-15-10-6-5-9-14(15)16/h2-10H,1,11H2. The highest BCUT2D eigenvalue weighted by molar-refractivity contribution is 7.99. The molecule has 0 N–H and O–H groups in total. The fraction of sp³-hybridized carbons (Fsp3) is 0.0667. The monoisotopic (exact) mass is 260 g/mol. The van der Waals surface area contributed by atoms with E-state index in [-0.39, 0.29) is 0 Å². The third kappa shape index (κ3) is 3.39. The number of benzene rings is 2. The van der Waals surface area contributed by atoms with Crippen molar-refractivity contribution in [2.45, 2.75) is 4.90 Å². The summed E-state index contributed by atoms with van der Waals surface area (Å²) in [7, 11) is 0. The van der Waals surface area contributed by atoms with Crippen LogP contribution in [0.1, 0.15) is 5.56 Å². The van der Waals surface area contributed by atoms with Crippen molar-refractivity contribution >= 4 is 28.9 Å². The van der Waals surface area contributed by atoms with Crippen molar-refractivity contribution in [1.82, 2.24) is 0 Å². The van der Waals surface area contributed by atoms with E-state index in [1.54, 1.807) is 11.8 Å². The summed E-state index contributed by atoms with van der Waals surface area (Å²) >= 11 is 7.82. The van der Waals surface area contributed by atoms with E-state index in [2.05, 4.69) is 18.7 Å². The third-order valence-corrected chi connectivity index (χ3v) is 4.02. The normalized spacial score (nSPS) is 10.2. The van der Waals surface area contributed by atoms with Crippen molar-refractivity contribution in [2.24, 2.45) is 0 Å². The molecule has 0 aliphatic carbocycles. The molecule has 0 saturated heterocycles. The molecular formula is C15H13ClS. The average Bonchev–Trinajstić information content (AvgIpc) is 2.38. The Morgan fingerprint density at radius 3 is 2.35 bits per heavy atom. The maximum absolute atomic E-state index is 6.10.